The van der Waals surface area contributed by atoms with Crippen LogP contribution in [0.15, 0.2) is 60.8 Å². The van der Waals surface area contributed by atoms with E-state index in [2.05, 4.69) is 20.5 Å². The molecule has 1 N–H and O–H groups in total. The molecule has 0 unspecified atom stereocenters. The lowest BCUT2D eigenvalue weighted by atomic mass is 10.1. The molecule has 3 aromatic rings. The topological polar surface area (TPSA) is 89.4 Å². The minimum Gasteiger partial charge on any atom is -0.464 e. The Morgan fingerprint density at radius 2 is 1.94 bits per heavy atom. The zero-order valence-electron chi connectivity index (χ0n) is 18.4. The minimum atomic E-state index is -0.532. The molecule has 172 valence electrons. The Kier molecular flexibility index (Phi) is 7.36. The van der Waals surface area contributed by atoms with E-state index in [1.807, 2.05) is 54.6 Å². The molecule has 2 aromatic carbocycles. The lowest BCUT2D eigenvalue weighted by molar-refractivity contribution is -0.125. The van der Waals surface area contributed by atoms with E-state index in [1.54, 1.807) is 10.9 Å². The number of halogens is 1. The summed E-state index contributed by atoms with van der Waals surface area (Å²) in [5, 5.41) is 11.8. The van der Waals surface area contributed by atoms with Gasteiger partial charge in [-0.15, -0.1) is 5.10 Å². The number of methoxy groups -OCH3 is 1. The summed E-state index contributed by atoms with van der Waals surface area (Å²) in [6.45, 7) is 1.78. The second-order valence-corrected chi connectivity index (χ2v) is 8.50. The number of hydrogen-bond acceptors (Lipinski definition) is 6. The molecule has 0 spiro atoms. The Labute approximate surface area is 197 Å². The summed E-state index contributed by atoms with van der Waals surface area (Å²) in [6.07, 6.45) is 2.85. The zero-order chi connectivity index (χ0) is 23.2. The number of nitrogens with one attached hydrogen (secondary N) is 1. The summed E-state index contributed by atoms with van der Waals surface area (Å²) in [6, 6.07) is 17.3. The molecule has 0 radical (unpaired) electrons. The van der Waals surface area contributed by atoms with Crippen LogP contribution in [0.1, 0.15) is 34.1 Å². The molecule has 8 nitrogen and oxygen atoms in total. The normalized spacial score (nSPS) is 18.2. The molecule has 0 saturated carbocycles. The molecule has 1 saturated heterocycles. The van der Waals surface area contributed by atoms with Crippen molar-refractivity contribution in [1.29, 1.82) is 0 Å². The van der Waals surface area contributed by atoms with Crippen molar-refractivity contribution in [3.63, 3.8) is 0 Å². The Hall–Kier alpha value is -3.23. The molecular weight excluding hydrogens is 442 g/mol. The summed E-state index contributed by atoms with van der Waals surface area (Å²) < 4.78 is 6.38. The highest BCUT2D eigenvalue weighted by Crippen LogP contribution is 2.29. The molecular formula is C24H26ClN5O3. The first-order valence-corrected chi connectivity index (χ1v) is 11.2. The number of amides is 1. The molecule has 2 atom stereocenters. The first-order valence-electron chi connectivity index (χ1n) is 10.8. The monoisotopic (exact) mass is 467 g/mol. The quantitative estimate of drug-likeness (QED) is 0.512. The fourth-order valence-corrected chi connectivity index (χ4v) is 4.34. The van der Waals surface area contributed by atoms with E-state index in [4.69, 9.17) is 16.3 Å². The molecule has 4 rings (SSSR count). The number of esters is 1. The third kappa shape index (κ3) is 5.77. The van der Waals surface area contributed by atoms with Gasteiger partial charge in [0.05, 0.1) is 25.4 Å². The first kappa shape index (κ1) is 22.9. The van der Waals surface area contributed by atoms with Gasteiger partial charge in [-0.05, 0) is 36.1 Å². The molecule has 1 aliphatic rings. The summed E-state index contributed by atoms with van der Waals surface area (Å²) in [4.78, 5) is 27.0. The van der Waals surface area contributed by atoms with Gasteiger partial charge in [-0.3, -0.25) is 9.69 Å². The van der Waals surface area contributed by atoms with Crippen LogP contribution in [0.2, 0.25) is 5.02 Å². The number of benzene rings is 2. The number of nitrogens with zero attached hydrogens (tertiary/aromatic N) is 4. The van der Waals surface area contributed by atoms with Gasteiger partial charge in [0.25, 0.3) is 0 Å². The van der Waals surface area contributed by atoms with Gasteiger partial charge in [0.1, 0.15) is 0 Å². The van der Waals surface area contributed by atoms with Crippen molar-refractivity contribution in [3.05, 3.63) is 82.6 Å². The summed E-state index contributed by atoms with van der Waals surface area (Å²) >= 11 is 6.05. The van der Waals surface area contributed by atoms with Gasteiger partial charge in [-0.2, -0.15) is 0 Å². The van der Waals surface area contributed by atoms with Crippen LogP contribution in [0.25, 0.3) is 0 Å². The van der Waals surface area contributed by atoms with Crippen molar-refractivity contribution in [1.82, 2.24) is 25.2 Å². The largest absolute Gasteiger partial charge is 0.464 e. The summed E-state index contributed by atoms with van der Waals surface area (Å²) in [7, 11) is 1.31. The lowest BCUT2D eigenvalue weighted by Crippen LogP contribution is -2.43. The summed E-state index contributed by atoms with van der Waals surface area (Å²) in [5.41, 5.74) is 2.36. The van der Waals surface area contributed by atoms with Gasteiger partial charge in [0.15, 0.2) is 5.69 Å². The fraction of sp³-hybridized carbons (Fsp3) is 0.333. The van der Waals surface area contributed by atoms with Crippen molar-refractivity contribution in [3.8, 4) is 0 Å². The predicted molar refractivity (Wildman–Crippen MR) is 124 cm³/mol. The average molecular weight is 468 g/mol. The molecule has 1 fully saturated rings. The average Bonchev–Trinajstić information content (AvgIpc) is 3.47. The Morgan fingerprint density at radius 3 is 2.70 bits per heavy atom. The lowest BCUT2D eigenvalue weighted by Gasteiger charge is -2.23. The van der Waals surface area contributed by atoms with Crippen LogP contribution in [-0.2, 0) is 22.5 Å². The first-order chi connectivity index (χ1) is 16.0. The number of aromatic nitrogens is 3. The Bertz CT molecular complexity index is 1100. The van der Waals surface area contributed by atoms with Gasteiger partial charge in [0, 0.05) is 24.7 Å². The molecule has 33 heavy (non-hydrogen) atoms. The maximum absolute atomic E-state index is 13.1. The number of carbonyl (C=O) groups excluding carboxylic acids is 2. The van der Waals surface area contributed by atoms with Crippen LogP contribution in [0.4, 0.5) is 0 Å². The second kappa shape index (κ2) is 10.6. The third-order valence-electron chi connectivity index (χ3n) is 5.79. The molecule has 1 aliphatic heterocycles. The van der Waals surface area contributed by atoms with Crippen LogP contribution in [0.3, 0.4) is 0 Å². The van der Waals surface area contributed by atoms with Gasteiger partial charge in [-0.25, -0.2) is 9.48 Å². The molecule has 2 heterocycles. The SMILES string of the molecule is COC(=O)c1cn([C@@H]2C[C@@H](C(=O)NCCc3cccc(Cl)c3)N(Cc3ccccc3)C2)nn1. The highest BCUT2D eigenvalue weighted by molar-refractivity contribution is 6.30. The molecule has 1 aromatic heterocycles. The number of hydrogen-bond donors (Lipinski definition) is 1. The Morgan fingerprint density at radius 1 is 1.15 bits per heavy atom. The van der Waals surface area contributed by atoms with Crippen molar-refractivity contribution in [2.75, 3.05) is 20.2 Å². The van der Waals surface area contributed by atoms with Gasteiger partial charge < -0.3 is 10.1 Å². The maximum atomic E-state index is 13.1. The van der Waals surface area contributed by atoms with E-state index in [0.29, 0.717) is 37.5 Å². The van der Waals surface area contributed by atoms with Gasteiger partial charge in [0.2, 0.25) is 5.91 Å². The second-order valence-electron chi connectivity index (χ2n) is 8.07. The van der Waals surface area contributed by atoms with E-state index in [0.717, 1.165) is 11.1 Å². The molecule has 0 bridgehead atoms. The smallest absolute Gasteiger partial charge is 0.360 e. The van der Waals surface area contributed by atoms with Crippen LogP contribution in [-0.4, -0.2) is 58.0 Å². The van der Waals surface area contributed by atoms with Crippen molar-refractivity contribution in [2.45, 2.75) is 31.5 Å². The minimum absolute atomic E-state index is 0.0243. The van der Waals surface area contributed by atoms with Crippen molar-refractivity contribution in [2.24, 2.45) is 0 Å². The summed E-state index contributed by atoms with van der Waals surface area (Å²) in [5.74, 6) is -0.556. The van der Waals surface area contributed by atoms with Gasteiger partial charge >= 0.3 is 5.97 Å². The maximum Gasteiger partial charge on any atom is 0.360 e. The van der Waals surface area contributed by atoms with Crippen LogP contribution in [0.5, 0.6) is 0 Å². The molecule has 1 amide bonds. The van der Waals surface area contributed by atoms with Crippen LogP contribution in [0, 0.1) is 0 Å². The van der Waals surface area contributed by atoms with E-state index in [-0.39, 0.29) is 23.7 Å². The van der Waals surface area contributed by atoms with E-state index >= 15 is 0 Å². The Balaban J connectivity index is 1.44. The van der Waals surface area contributed by atoms with Gasteiger partial charge in [-0.1, -0.05) is 59.3 Å². The van der Waals surface area contributed by atoms with E-state index in [1.165, 1.54) is 7.11 Å². The highest BCUT2D eigenvalue weighted by atomic mass is 35.5. The number of likely N-dealkylation sites (tertiary alicyclic amines) is 1. The number of ether oxygens (including phenoxy) is 1. The molecule has 0 aliphatic carbocycles. The fourth-order valence-electron chi connectivity index (χ4n) is 4.13. The number of rotatable bonds is 8. The molecule has 9 heteroatoms. The van der Waals surface area contributed by atoms with E-state index < -0.39 is 5.97 Å². The van der Waals surface area contributed by atoms with Crippen LogP contribution < -0.4 is 5.32 Å². The zero-order valence-corrected chi connectivity index (χ0v) is 19.1. The third-order valence-corrected chi connectivity index (χ3v) is 6.03. The predicted octanol–water partition coefficient (Wildman–Crippen LogP) is 2.89. The van der Waals surface area contributed by atoms with Crippen molar-refractivity contribution < 1.29 is 14.3 Å². The van der Waals surface area contributed by atoms with Crippen LogP contribution >= 0.6 is 11.6 Å². The van der Waals surface area contributed by atoms with E-state index in [9.17, 15) is 9.59 Å². The standard InChI is InChI=1S/C24H26ClN5O3/c1-33-24(32)21-16-30(28-27-21)20-13-22(29(15-20)14-18-6-3-2-4-7-18)23(31)26-11-10-17-8-5-9-19(25)12-17/h2-9,12,16,20,22H,10-11,13-15H2,1H3,(H,26,31)/t20-,22+/m1/s1. The highest BCUT2D eigenvalue weighted by Gasteiger charge is 2.38. The number of carbonyl (C=O) groups is 2. The van der Waals surface area contributed by atoms with Crippen molar-refractivity contribution >= 4 is 23.5 Å².